The van der Waals surface area contributed by atoms with E-state index in [-0.39, 0.29) is 16.5 Å². The van der Waals surface area contributed by atoms with E-state index in [9.17, 15) is 8.42 Å². The van der Waals surface area contributed by atoms with Crippen LogP contribution in [0.15, 0.2) is 52.1 Å². The lowest BCUT2D eigenvalue weighted by Crippen LogP contribution is -2.14. The predicted molar refractivity (Wildman–Crippen MR) is 118 cm³/mol. The van der Waals surface area contributed by atoms with E-state index in [0.717, 1.165) is 16.7 Å². The van der Waals surface area contributed by atoms with Crippen molar-refractivity contribution in [3.63, 3.8) is 0 Å². The zero-order chi connectivity index (χ0) is 22.9. The molecule has 168 valence electrons. The molecule has 2 aromatic heterocycles. The lowest BCUT2D eigenvalue weighted by Gasteiger charge is -2.11. The molecule has 0 radical (unpaired) electrons. The summed E-state index contributed by atoms with van der Waals surface area (Å²) in [5.41, 5.74) is 8.52. The summed E-state index contributed by atoms with van der Waals surface area (Å²) < 4.78 is 46.4. The fraction of sp³-hybridized carbons (Fsp3) is 0.238. The van der Waals surface area contributed by atoms with Gasteiger partial charge in [-0.2, -0.15) is 5.10 Å². The van der Waals surface area contributed by atoms with Gasteiger partial charge in [-0.05, 0) is 36.8 Å². The molecule has 0 saturated heterocycles. The molecule has 10 nitrogen and oxygen atoms in total. The first-order valence-corrected chi connectivity index (χ1v) is 11.2. The van der Waals surface area contributed by atoms with Crippen LogP contribution in [0.4, 0.5) is 5.82 Å². The number of rotatable bonds is 8. The first kappa shape index (κ1) is 21.7. The molecule has 0 aliphatic carbocycles. The summed E-state index contributed by atoms with van der Waals surface area (Å²) in [5, 5.41) is 8.67. The summed E-state index contributed by atoms with van der Waals surface area (Å²) in [6.07, 6.45) is 3.55. The third kappa shape index (κ3) is 4.12. The maximum Gasteiger partial charge on any atom is 0.266 e. The molecule has 32 heavy (non-hydrogen) atoms. The minimum atomic E-state index is -3.98. The Hall–Kier alpha value is -3.57. The largest absolute Gasteiger partial charge is 0.496 e. The van der Waals surface area contributed by atoms with Crippen molar-refractivity contribution < 1.29 is 22.4 Å². The van der Waals surface area contributed by atoms with E-state index < -0.39 is 10.0 Å². The Morgan fingerprint density at radius 1 is 1.16 bits per heavy atom. The van der Waals surface area contributed by atoms with Crippen molar-refractivity contribution in [3.8, 4) is 11.5 Å². The number of benzene rings is 2. The summed E-state index contributed by atoms with van der Waals surface area (Å²) in [6, 6.07) is 8.33. The molecular formula is C21H23N5O5S. The number of nitrogens with zero attached hydrogens (tertiary/aromatic N) is 3. The van der Waals surface area contributed by atoms with Crippen molar-refractivity contribution in [1.82, 2.24) is 14.9 Å². The topological polar surface area (TPSA) is 134 Å². The van der Waals surface area contributed by atoms with Gasteiger partial charge in [0.2, 0.25) is 0 Å². The molecule has 0 bridgehead atoms. The Bertz CT molecular complexity index is 1380. The van der Waals surface area contributed by atoms with E-state index in [0.29, 0.717) is 29.8 Å². The van der Waals surface area contributed by atoms with Gasteiger partial charge in [0.15, 0.2) is 11.4 Å². The third-order valence-corrected chi connectivity index (χ3v) is 6.33. The second-order valence-corrected chi connectivity index (χ2v) is 8.85. The summed E-state index contributed by atoms with van der Waals surface area (Å²) in [5.74, 6) is 0.823. The maximum absolute atomic E-state index is 13.0. The van der Waals surface area contributed by atoms with Gasteiger partial charge >= 0.3 is 0 Å². The minimum Gasteiger partial charge on any atom is -0.496 e. The number of hydrogen-bond acceptors (Lipinski definition) is 8. The number of nitrogens with two attached hydrogens (primary N) is 1. The molecule has 0 atom stereocenters. The lowest BCUT2D eigenvalue weighted by molar-refractivity contribution is 0.402. The van der Waals surface area contributed by atoms with Crippen LogP contribution in [0.5, 0.6) is 11.5 Å². The fourth-order valence-electron chi connectivity index (χ4n) is 3.34. The van der Waals surface area contributed by atoms with Gasteiger partial charge in [-0.1, -0.05) is 11.2 Å². The molecule has 0 saturated carbocycles. The van der Waals surface area contributed by atoms with E-state index in [1.165, 1.54) is 20.3 Å². The number of fused-ring (bicyclic) bond motifs is 1. The molecule has 0 fully saturated rings. The van der Waals surface area contributed by atoms with E-state index in [1.807, 2.05) is 6.20 Å². The van der Waals surface area contributed by atoms with Crippen LogP contribution in [0.3, 0.4) is 0 Å². The molecule has 4 aromatic rings. The molecular weight excluding hydrogens is 434 g/mol. The molecule has 2 heterocycles. The van der Waals surface area contributed by atoms with Crippen LogP contribution in [0.1, 0.15) is 16.7 Å². The van der Waals surface area contributed by atoms with Crippen molar-refractivity contribution >= 4 is 26.8 Å². The van der Waals surface area contributed by atoms with Crippen molar-refractivity contribution in [1.29, 1.82) is 0 Å². The van der Waals surface area contributed by atoms with Gasteiger partial charge in [-0.15, -0.1) is 0 Å². The van der Waals surface area contributed by atoms with Gasteiger partial charge in [0.1, 0.15) is 16.4 Å². The van der Waals surface area contributed by atoms with Crippen LogP contribution in [0.25, 0.3) is 11.0 Å². The fourth-order valence-corrected chi connectivity index (χ4v) is 4.61. The second kappa shape index (κ2) is 8.52. The zero-order valence-corrected chi connectivity index (χ0v) is 18.6. The Labute approximate surface area is 185 Å². The smallest absolute Gasteiger partial charge is 0.266 e. The van der Waals surface area contributed by atoms with Gasteiger partial charge in [-0.25, -0.2) is 8.42 Å². The van der Waals surface area contributed by atoms with Crippen LogP contribution in [0, 0.1) is 6.92 Å². The molecule has 0 aliphatic rings. The molecule has 4 rings (SSSR count). The van der Waals surface area contributed by atoms with E-state index in [2.05, 4.69) is 15.0 Å². The number of aryl methyl sites for hydroxylation is 1. The minimum absolute atomic E-state index is 0.00845. The Balaban J connectivity index is 1.70. The average Bonchev–Trinajstić information content (AvgIpc) is 3.39. The quantitative estimate of drug-likeness (QED) is 0.412. The Morgan fingerprint density at radius 2 is 1.94 bits per heavy atom. The average molecular weight is 458 g/mol. The van der Waals surface area contributed by atoms with Gasteiger partial charge in [-0.3, -0.25) is 9.40 Å². The molecule has 0 unspecified atom stereocenters. The maximum atomic E-state index is 13.0. The van der Waals surface area contributed by atoms with Crippen LogP contribution in [-0.4, -0.2) is 37.6 Å². The summed E-state index contributed by atoms with van der Waals surface area (Å²) in [7, 11) is -1.03. The van der Waals surface area contributed by atoms with Gasteiger partial charge < -0.3 is 19.7 Å². The predicted octanol–water partition coefficient (Wildman–Crippen LogP) is 2.66. The number of nitrogens with one attached hydrogen (secondary N) is 1. The number of hydrogen-bond donors (Lipinski definition) is 2. The van der Waals surface area contributed by atoms with Crippen LogP contribution in [0.2, 0.25) is 0 Å². The molecule has 0 amide bonds. The molecule has 3 N–H and O–H groups in total. The number of ether oxygens (including phenoxy) is 2. The number of methoxy groups -OCH3 is 2. The van der Waals surface area contributed by atoms with E-state index >= 15 is 0 Å². The Kier molecular flexibility index (Phi) is 5.76. The lowest BCUT2D eigenvalue weighted by atomic mass is 10.1. The summed E-state index contributed by atoms with van der Waals surface area (Å²) in [4.78, 5) is 0.00845. The van der Waals surface area contributed by atoms with E-state index in [4.69, 9.17) is 19.7 Å². The number of aromatic nitrogens is 3. The second-order valence-electron chi connectivity index (χ2n) is 7.20. The highest BCUT2D eigenvalue weighted by atomic mass is 32.2. The third-order valence-electron chi connectivity index (χ3n) is 4.97. The van der Waals surface area contributed by atoms with Crippen molar-refractivity contribution in [3.05, 3.63) is 59.4 Å². The van der Waals surface area contributed by atoms with Crippen LogP contribution >= 0.6 is 0 Å². The van der Waals surface area contributed by atoms with Crippen LogP contribution < -0.4 is 19.9 Å². The highest BCUT2D eigenvalue weighted by Crippen LogP contribution is 2.33. The first-order valence-electron chi connectivity index (χ1n) is 9.69. The summed E-state index contributed by atoms with van der Waals surface area (Å²) >= 11 is 0. The number of sulfonamides is 1. The highest BCUT2D eigenvalue weighted by molar-refractivity contribution is 7.92. The highest BCUT2D eigenvalue weighted by Gasteiger charge is 2.23. The molecule has 0 aliphatic heterocycles. The zero-order valence-electron chi connectivity index (χ0n) is 17.8. The monoisotopic (exact) mass is 457 g/mol. The van der Waals surface area contributed by atoms with Crippen LogP contribution in [-0.2, 0) is 23.1 Å². The summed E-state index contributed by atoms with van der Waals surface area (Å²) in [6.45, 7) is 2.61. The van der Waals surface area contributed by atoms with Gasteiger partial charge in [0, 0.05) is 23.9 Å². The molecule has 11 heteroatoms. The normalized spacial score (nSPS) is 11.6. The SMILES string of the molecule is COc1cc2c(NS(=O)(=O)c3cc(C)ccc3OC)noc2cc1Cn1cc(CN)cn1. The molecule has 2 aromatic carbocycles. The van der Waals surface area contributed by atoms with E-state index in [1.54, 1.807) is 42.1 Å². The first-order chi connectivity index (χ1) is 15.3. The standard InChI is InChI=1S/C21H23N5O5S/c1-13-4-5-17(29-2)20(6-13)32(27,28)25-21-16-8-18(30-3)15(7-19(16)31-24-21)12-26-11-14(9-22)10-23-26/h4-8,10-11H,9,12,22H2,1-3H3,(H,24,25). The van der Waals surface area contributed by atoms with Gasteiger partial charge in [0.25, 0.3) is 10.0 Å². The Morgan fingerprint density at radius 3 is 2.62 bits per heavy atom. The van der Waals surface area contributed by atoms with Crippen molar-refractivity contribution in [2.75, 3.05) is 18.9 Å². The molecule has 0 spiro atoms. The number of anilines is 1. The van der Waals surface area contributed by atoms with Crippen molar-refractivity contribution in [2.45, 2.75) is 24.9 Å². The van der Waals surface area contributed by atoms with Gasteiger partial charge in [0.05, 0.1) is 32.3 Å². The van der Waals surface area contributed by atoms with Crippen molar-refractivity contribution in [2.24, 2.45) is 5.73 Å².